The van der Waals surface area contributed by atoms with Crippen molar-refractivity contribution in [3.63, 3.8) is 0 Å². The van der Waals surface area contributed by atoms with Crippen molar-refractivity contribution < 1.29 is 9.53 Å². The third-order valence-electron chi connectivity index (χ3n) is 10.1. The fourth-order valence-electron chi connectivity index (χ4n) is 7.74. The summed E-state index contributed by atoms with van der Waals surface area (Å²) >= 11 is 1.68. The van der Waals surface area contributed by atoms with Gasteiger partial charge >= 0.3 is 0 Å². The van der Waals surface area contributed by atoms with E-state index < -0.39 is 0 Å². The van der Waals surface area contributed by atoms with Crippen LogP contribution in [0.1, 0.15) is 39.5 Å². The van der Waals surface area contributed by atoms with Crippen molar-refractivity contribution in [1.29, 1.82) is 0 Å². The molecule has 1 aromatic carbocycles. The molecule has 5 fully saturated rings. The molecule has 3 aromatic rings. The highest BCUT2D eigenvalue weighted by Crippen LogP contribution is 2.71. The second-order valence-corrected chi connectivity index (χ2v) is 13.3. The number of anilines is 3. The van der Waals surface area contributed by atoms with Gasteiger partial charge in [-0.25, -0.2) is 4.98 Å². The van der Waals surface area contributed by atoms with E-state index in [-0.39, 0.29) is 22.8 Å². The molecule has 3 saturated carbocycles. The molecule has 0 radical (unpaired) electrons. The number of nitrogens with one attached hydrogen (secondary N) is 2. The van der Waals surface area contributed by atoms with Gasteiger partial charge in [0, 0.05) is 25.8 Å². The molecule has 2 saturated heterocycles. The lowest BCUT2D eigenvalue weighted by molar-refractivity contribution is -0.146. The molecule has 206 valence electrons. The smallest absolute Gasteiger partial charge is 0.229 e. The van der Waals surface area contributed by atoms with Gasteiger partial charge in [0.15, 0.2) is 5.82 Å². The first-order valence-electron chi connectivity index (χ1n) is 14.4. The number of hydrogen-bond donors (Lipinski definition) is 2. The summed E-state index contributed by atoms with van der Waals surface area (Å²) in [5, 5.41) is 8.46. The molecule has 1 amide bonds. The number of hydrogen-bond acceptors (Lipinski definition) is 8. The Labute approximate surface area is 234 Å². The highest BCUT2D eigenvalue weighted by molar-refractivity contribution is 7.17. The van der Waals surface area contributed by atoms with E-state index >= 15 is 0 Å². The molecule has 2 N–H and O–H groups in total. The Morgan fingerprint density at radius 1 is 1.13 bits per heavy atom. The van der Waals surface area contributed by atoms with Gasteiger partial charge in [-0.15, -0.1) is 11.3 Å². The van der Waals surface area contributed by atoms with Crippen LogP contribution in [0.2, 0.25) is 0 Å². The molecular weight excluding hydrogens is 508 g/mol. The van der Waals surface area contributed by atoms with E-state index in [1.54, 1.807) is 18.4 Å². The van der Waals surface area contributed by atoms with Gasteiger partial charge in [0.2, 0.25) is 11.9 Å². The van der Waals surface area contributed by atoms with Gasteiger partial charge in [0.05, 0.1) is 21.7 Å². The highest BCUT2D eigenvalue weighted by Gasteiger charge is 2.75. The summed E-state index contributed by atoms with van der Waals surface area (Å²) in [6.07, 6.45) is 4.75. The summed E-state index contributed by atoms with van der Waals surface area (Å²) < 4.78 is 7.07. The Bertz CT molecular complexity index is 1380. The SMILES string of the molecule is CNC(=O)[C@H]1C[C@H]2C[C@H](C2(C)C)[C@]12CN2c1nc(Nc2ccc(OCCN3CCCC3)cc2)nc2ccsc12. The number of likely N-dealkylation sites (tertiary alicyclic amines) is 1. The average molecular weight is 547 g/mol. The first kappa shape index (κ1) is 25.1. The molecule has 0 unspecified atom stereocenters. The molecule has 1 spiro atoms. The van der Waals surface area contributed by atoms with Gasteiger partial charge in [-0.3, -0.25) is 9.69 Å². The highest BCUT2D eigenvalue weighted by atomic mass is 32.1. The lowest BCUT2D eigenvalue weighted by Gasteiger charge is -2.62. The minimum atomic E-state index is -0.158. The van der Waals surface area contributed by atoms with Gasteiger partial charge in [-0.05, 0) is 91.7 Å². The van der Waals surface area contributed by atoms with Crippen molar-refractivity contribution in [3.05, 3.63) is 35.7 Å². The van der Waals surface area contributed by atoms with Gasteiger partial charge in [0.1, 0.15) is 12.4 Å². The molecule has 2 aromatic heterocycles. The van der Waals surface area contributed by atoms with E-state index in [0.29, 0.717) is 24.4 Å². The second kappa shape index (κ2) is 9.34. The van der Waals surface area contributed by atoms with Gasteiger partial charge in [0.25, 0.3) is 0 Å². The lowest BCUT2D eigenvalue weighted by Crippen LogP contribution is -2.64. The van der Waals surface area contributed by atoms with Crippen molar-refractivity contribution in [2.45, 2.75) is 45.1 Å². The fourth-order valence-corrected chi connectivity index (χ4v) is 8.57. The normalized spacial score (nSPS) is 28.9. The zero-order valence-corrected chi connectivity index (χ0v) is 23.9. The first-order chi connectivity index (χ1) is 18.9. The Kier molecular flexibility index (Phi) is 6.00. The van der Waals surface area contributed by atoms with E-state index in [1.165, 1.54) is 32.4 Å². The molecule has 4 atom stereocenters. The number of aromatic nitrogens is 2. The number of ether oxygens (including phenoxy) is 1. The number of carbonyl (C=O) groups is 1. The van der Waals surface area contributed by atoms with Crippen LogP contribution < -0.4 is 20.3 Å². The Morgan fingerprint density at radius 3 is 2.67 bits per heavy atom. The van der Waals surface area contributed by atoms with Crippen molar-refractivity contribution >= 4 is 44.9 Å². The second-order valence-electron chi connectivity index (χ2n) is 12.3. The number of benzene rings is 1. The minimum absolute atomic E-state index is 0.00123. The summed E-state index contributed by atoms with van der Waals surface area (Å²) in [6, 6.07) is 10.1. The Hall–Kier alpha value is -2.91. The van der Waals surface area contributed by atoms with E-state index in [4.69, 9.17) is 14.7 Å². The van der Waals surface area contributed by atoms with Crippen molar-refractivity contribution in [2.75, 3.05) is 50.1 Å². The fraction of sp³-hybridized carbons (Fsp3) is 0.567. The summed E-state index contributed by atoms with van der Waals surface area (Å²) in [4.78, 5) is 27.8. The summed E-state index contributed by atoms with van der Waals surface area (Å²) in [5.41, 5.74) is 1.95. The molecule has 3 aliphatic carbocycles. The third kappa shape index (κ3) is 4.08. The van der Waals surface area contributed by atoms with Crippen LogP contribution >= 0.6 is 11.3 Å². The maximum absolute atomic E-state index is 13.1. The molecule has 4 heterocycles. The van der Waals surface area contributed by atoms with Crippen LogP contribution in [0.25, 0.3) is 10.2 Å². The summed E-state index contributed by atoms with van der Waals surface area (Å²) in [7, 11) is 1.77. The van der Waals surface area contributed by atoms with E-state index in [9.17, 15) is 4.79 Å². The standard InChI is InChI=1S/C30H38N6O2S/c1-29(2)19-16-22(27(37)31-3)30(24(29)17-19)18-36(30)26-25-23(10-15-39-25)33-28(34-26)32-20-6-8-21(9-7-20)38-14-13-35-11-4-5-12-35/h6-10,15,19,22,24H,4-5,11-14,16-18H2,1-3H3,(H,31,37)(H,32,33,34)/t19-,22+,24+,30-,36?/m0/s1. The Morgan fingerprint density at radius 2 is 1.92 bits per heavy atom. The predicted octanol–water partition coefficient (Wildman–Crippen LogP) is 4.90. The number of rotatable bonds is 8. The minimum Gasteiger partial charge on any atom is -0.492 e. The number of amides is 1. The largest absolute Gasteiger partial charge is 0.492 e. The number of nitrogens with zero attached hydrogens (tertiary/aromatic N) is 4. The topological polar surface area (TPSA) is 82.4 Å². The lowest BCUT2D eigenvalue weighted by atomic mass is 9.42. The molecule has 39 heavy (non-hydrogen) atoms. The third-order valence-corrected chi connectivity index (χ3v) is 11.0. The van der Waals surface area contributed by atoms with E-state index in [1.807, 2.05) is 24.3 Å². The van der Waals surface area contributed by atoms with Crippen LogP contribution in [0.4, 0.5) is 17.5 Å². The molecule has 2 aliphatic heterocycles. The first-order valence-corrected chi connectivity index (χ1v) is 15.2. The molecule has 2 bridgehead atoms. The van der Waals surface area contributed by atoms with Gasteiger partial charge < -0.3 is 20.3 Å². The zero-order chi connectivity index (χ0) is 26.8. The van der Waals surface area contributed by atoms with Crippen molar-refractivity contribution in [1.82, 2.24) is 20.2 Å². The van der Waals surface area contributed by atoms with E-state index in [2.05, 4.69) is 45.7 Å². The maximum Gasteiger partial charge on any atom is 0.229 e. The number of thiophene rings is 1. The van der Waals surface area contributed by atoms with Crippen molar-refractivity contribution in [3.8, 4) is 5.75 Å². The van der Waals surface area contributed by atoms with Crippen LogP contribution in [0, 0.1) is 23.2 Å². The van der Waals surface area contributed by atoms with Crippen LogP contribution in [0.15, 0.2) is 35.7 Å². The van der Waals surface area contributed by atoms with Crippen molar-refractivity contribution in [2.24, 2.45) is 23.2 Å². The Balaban J connectivity index is 1.11. The number of carbonyl (C=O) groups excluding carboxylic acids is 1. The van der Waals surface area contributed by atoms with E-state index in [0.717, 1.165) is 47.0 Å². The number of fused-ring (bicyclic) bond motifs is 2. The zero-order valence-electron chi connectivity index (χ0n) is 23.1. The van der Waals surface area contributed by atoms with Gasteiger partial charge in [-0.1, -0.05) is 13.8 Å². The van der Waals surface area contributed by atoms with Crippen LogP contribution in [-0.4, -0.2) is 66.1 Å². The molecule has 8 rings (SSSR count). The molecule has 5 aliphatic rings. The summed E-state index contributed by atoms with van der Waals surface area (Å²) in [6.45, 7) is 9.71. The average Bonchev–Trinajstić information content (AvgIpc) is 3.29. The molecular formula is C30H38N6O2S. The van der Waals surface area contributed by atoms with Gasteiger partial charge in [-0.2, -0.15) is 4.98 Å². The maximum atomic E-state index is 13.1. The molecule has 8 nitrogen and oxygen atoms in total. The van der Waals surface area contributed by atoms with Crippen LogP contribution in [-0.2, 0) is 4.79 Å². The predicted molar refractivity (Wildman–Crippen MR) is 156 cm³/mol. The quantitative estimate of drug-likeness (QED) is 0.389. The van der Waals surface area contributed by atoms with Crippen LogP contribution in [0.3, 0.4) is 0 Å². The van der Waals surface area contributed by atoms with Crippen LogP contribution in [0.5, 0.6) is 5.75 Å². The molecule has 9 heteroatoms. The monoisotopic (exact) mass is 546 g/mol. The summed E-state index contributed by atoms with van der Waals surface area (Å²) in [5.74, 6) is 3.69.